The lowest BCUT2D eigenvalue weighted by Gasteiger charge is -2.42. The minimum atomic E-state index is 0.0920. The lowest BCUT2D eigenvalue weighted by atomic mass is 10.0. The fourth-order valence-corrected chi connectivity index (χ4v) is 4.76. The van der Waals surface area contributed by atoms with E-state index in [1.807, 2.05) is 24.3 Å². The van der Waals surface area contributed by atoms with Crippen LogP contribution in [0.4, 0.5) is 0 Å². The smallest absolute Gasteiger partial charge is 0.113 e. The number of aromatic nitrogens is 6. The van der Waals surface area contributed by atoms with Crippen molar-refractivity contribution in [2.75, 3.05) is 0 Å². The van der Waals surface area contributed by atoms with Crippen LogP contribution < -0.4 is 0 Å². The second kappa shape index (κ2) is 7.59. The van der Waals surface area contributed by atoms with Crippen LogP contribution in [-0.2, 0) is 6.54 Å². The number of hydrogen-bond donors (Lipinski definition) is 0. The zero-order valence-corrected chi connectivity index (χ0v) is 17.1. The van der Waals surface area contributed by atoms with Gasteiger partial charge in [0.1, 0.15) is 23.4 Å². The van der Waals surface area contributed by atoms with Crippen LogP contribution in [0.15, 0.2) is 78.9 Å². The third-order valence-corrected chi connectivity index (χ3v) is 6.22. The van der Waals surface area contributed by atoms with Crippen molar-refractivity contribution in [3.8, 4) is 0 Å². The summed E-state index contributed by atoms with van der Waals surface area (Å²) in [5.41, 5.74) is 5.25. The normalized spacial score (nSPS) is 19.9. The Morgan fingerprint density at radius 2 is 1.16 bits per heavy atom. The van der Waals surface area contributed by atoms with Crippen LogP contribution in [-0.4, -0.2) is 34.9 Å². The molecule has 3 aromatic carbocycles. The summed E-state index contributed by atoms with van der Waals surface area (Å²) < 4.78 is 4.17. The molecule has 0 N–H and O–H groups in total. The first-order valence-electron chi connectivity index (χ1n) is 10.8. The summed E-state index contributed by atoms with van der Waals surface area (Å²) in [7, 11) is 0. The molecule has 154 valence electrons. The molecule has 0 unspecified atom stereocenters. The Labute approximate surface area is 179 Å². The van der Waals surface area contributed by atoms with Crippen LogP contribution >= 0.6 is 0 Å². The van der Waals surface area contributed by atoms with Crippen LogP contribution in [0.5, 0.6) is 0 Å². The molecule has 7 nitrogen and oxygen atoms in total. The number of nitrogens with zero attached hydrogens (tertiary/aromatic N) is 7. The molecule has 2 atom stereocenters. The molecule has 2 aromatic heterocycles. The van der Waals surface area contributed by atoms with Crippen molar-refractivity contribution in [1.29, 1.82) is 0 Å². The van der Waals surface area contributed by atoms with Crippen LogP contribution in [0.1, 0.15) is 37.2 Å². The maximum Gasteiger partial charge on any atom is 0.113 e. The third-order valence-electron chi connectivity index (χ3n) is 6.22. The first-order valence-corrected chi connectivity index (χ1v) is 10.8. The quantitative estimate of drug-likeness (QED) is 0.435. The van der Waals surface area contributed by atoms with Gasteiger partial charge in [-0.3, -0.25) is 4.90 Å². The summed E-state index contributed by atoms with van der Waals surface area (Å²) in [5.74, 6) is 0. The summed E-state index contributed by atoms with van der Waals surface area (Å²) in [6.07, 6.45) is 3.30. The van der Waals surface area contributed by atoms with Crippen molar-refractivity contribution in [2.24, 2.45) is 0 Å². The molecule has 1 saturated heterocycles. The molecule has 5 aromatic rings. The Kier molecular flexibility index (Phi) is 4.46. The van der Waals surface area contributed by atoms with E-state index in [0.717, 1.165) is 47.9 Å². The highest BCUT2D eigenvalue weighted by Gasteiger charge is 2.35. The molecule has 6 rings (SSSR count). The maximum atomic E-state index is 4.57. The van der Waals surface area contributed by atoms with E-state index < -0.39 is 0 Å². The van der Waals surface area contributed by atoms with Crippen molar-refractivity contribution in [1.82, 2.24) is 34.9 Å². The van der Waals surface area contributed by atoms with Crippen LogP contribution in [0.25, 0.3) is 22.1 Å². The first kappa shape index (κ1) is 18.2. The predicted octanol–water partition coefficient (Wildman–Crippen LogP) is 4.56. The first-order chi connectivity index (χ1) is 15.4. The van der Waals surface area contributed by atoms with Crippen molar-refractivity contribution < 1.29 is 0 Å². The molecule has 1 aliphatic rings. The van der Waals surface area contributed by atoms with Gasteiger partial charge in [0.2, 0.25) is 0 Å². The number of rotatable bonds is 4. The molecule has 0 radical (unpaired) electrons. The van der Waals surface area contributed by atoms with Gasteiger partial charge in [0.15, 0.2) is 0 Å². The molecular formula is C24H23N7. The van der Waals surface area contributed by atoms with Crippen LogP contribution in [0.3, 0.4) is 0 Å². The number of hydrogen-bond acceptors (Lipinski definition) is 5. The second-order valence-corrected chi connectivity index (χ2v) is 8.10. The van der Waals surface area contributed by atoms with E-state index >= 15 is 0 Å². The molecule has 0 saturated carbocycles. The van der Waals surface area contributed by atoms with E-state index in [1.165, 1.54) is 5.56 Å². The topological polar surface area (TPSA) is 64.7 Å². The minimum Gasteiger partial charge on any atom is -0.255 e. The van der Waals surface area contributed by atoms with Crippen LogP contribution in [0.2, 0.25) is 0 Å². The van der Waals surface area contributed by atoms with Gasteiger partial charge in [-0.25, -0.2) is 9.36 Å². The number of likely N-dealkylation sites (tertiary alicyclic amines) is 1. The lowest BCUT2D eigenvalue weighted by molar-refractivity contribution is -0.0143. The average Bonchev–Trinajstić information content (AvgIpc) is 3.45. The molecule has 0 aliphatic carbocycles. The summed E-state index contributed by atoms with van der Waals surface area (Å²) in [5, 5.41) is 18.0. The lowest BCUT2D eigenvalue weighted by Crippen LogP contribution is -2.42. The van der Waals surface area contributed by atoms with Crippen molar-refractivity contribution in [2.45, 2.75) is 38.1 Å². The van der Waals surface area contributed by atoms with Gasteiger partial charge in [-0.2, -0.15) is 0 Å². The highest BCUT2D eigenvalue weighted by Crippen LogP contribution is 2.39. The van der Waals surface area contributed by atoms with Gasteiger partial charge < -0.3 is 0 Å². The predicted molar refractivity (Wildman–Crippen MR) is 119 cm³/mol. The highest BCUT2D eigenvalue weighted by molar-refractivity contribution is 5.74. The Morgan fingerprint density at radius 1 is 0.645 bits per heavy atom. The Hall–Kier alpha value is -3.58. The molecule has 1 aliphatic heterocycles. The number of fused-ring (bicyclic) bond motifs is 2. The van der Waals surface area contributed by atoms with E-state index in [1.54, 1.807) is 0 Å². The third kappa shape index (κ3) is 3.18. The molecule has 0 bridgehead atoms. The average molecular weight is 409 g/mol. The summed E-state index contributed by atoms with van der Waals surface area (Å²) in [6.45, 7) is 0.804. The Bertz CT molecular complexity index is 1240. The number of piperidine rings is 1. The molecule has 3 heterocycles. The SMILES string of the molecule is c1ccc(CN2[C@H](n3nnc4ccccc43)CCC[C@@H]2n2nnc3ccccc32)cc1. The molecule has 7 heteroatoms. The van der Waals surface area contributed by atoms with E-state index in [0.29, 0.717) is 0 Å². The monoisotopic (exact) mass is 409 g/mol. The van der Waals surface area contributed by atoms with Crippen LogP contribution in [0, 0.1) is 0 Å². The van der Waals surface area contributed by atoms with Crippen molar-refractivity contribution in [3.63, 3.8) is 0 Å². The number of benzene rings is 3. The van der Waals surface area contributed by atoms with Crippen molar-refractivity contribution >= 4 is 22.1 Å². The summed E-state index contributed by atoms with van der Waals surface area (Å²) in [4.78, 5) is 2.50. The van der Waals surface area contributed by atoms with Gasteiger partial charge in [0.05, 0.1) is 11.0 Å². The van der Waals surface area contributed by atoms with E-state index in [4.69, 9.17) is 0 Å². The maximum absolute atomic E-state index is 4.57. The van der Waals surface area contributed by atoms with E-state index in [9.17, 15) is 0 Å². The van der Waals surface area contributed by atoms with Crippen molar-refractivity contribution in [3.05, 3.63) is 84.4 Å². The summed E-state index contributed by atoms with van der Waals surface area (Å²) >= 11 is 0. The fourth-order valence-electron chi connectivity index (χ4n) is 4.76. The fraction of sp³-hybridized carbons (Fsp3) is 0.250. The van der Waals surface area contributed by atoms with Gasteiger partial charge in [-0.1, -0.05) is 65.0 Å². The molecule has 0 spiro atoms. The zero-order chi connectivity index (χ0) is 20.6. The molecule has 0 amide bonds. The van der Waals surface area contributed by atoms with E-state index in [2.05, 4.69) is 89.5 Å². The molecule has 1 fully saturated rings. The van der Waals surface area contributed by atoms with Gasteiger partial charge in [0.25, 0.3) is 0 Å². The second-order valence-electron chi connectivity index (χ2n) is 8.10. The Morgan fingerprint density at radius 3 is 1.74 bits per heavy atom. The van der Waals surface area contributed by atoms with Gasteiger partial charge >= 0.3 is 0 Å². The van der Waals surface area contributed by atoms with Gasteiger partial charge in [-0.15, -0.1) is 10.2 Å². The highest BCUT2D eigenvalue weighted by atomic mass is 15.6. The standard InChI is InChI=1S/C24H23N7/c1-2-9-18(10-3-1)17-29-23(30-21-13-6-4-11-19(21)25-27-30)15-8-16-24(29)31-22-14-7-5-12-20(22)26-28-31/h1-7,9-14,23-24H,8,15-17H2/t23-,24+. The number of para-hydroxylation sites is 2. The Balaban J connectivity index is 1.47. The van der Waals surface area contributed by atoms with E-state index in [-0.39, 0.29) is 12.3 Å². The minimum absolute atomic E-state index is 0.0920. The molecular weight excluding hydrogens is 386 g/mol. The molecule has 31 heavy (non-hydrogen) atoms. The van der Waals surface area contributed by atoms with Gasteiger partial charge in [0, 0.05) is 6.54 Å². The van der Waals surface area contributed by atoms with Gasteiger partial charge in [-0.05, 0) is 49.1 Å². The largest absolute Gasteiger partial charge is 0.255 e. The summed E-state index contributed by atoms with van der Waals surface area (Å²) in [6, 6.07) is 27.0. The zero-order valence-electron chi connectivity index (χ0n) is 17.1.